The third-order valence-electron chi connectivity index (χ3n) is 1.29. The van der Waals surface area contributed by atoms with E-state index in [0.717, 1.165) is 26.1 Å². The van der Waals surface area contributed by atoms with E-state index in [0.29, 0.717) is 0 Å². The van der Waals surface area contributed by atoms with Crippen molar-refractivity contribution < 1.29 is 38.5 Å². The minimum Gasteiger partial charge on any atom is -0.822 e. The third-order valence-corrected chi connectivity index (χ3v) is 1.29. The molecule has 0 atom stereocenters. The maximum Gasteiger partial charge on any atom is 0.0112 e. The van der Waals surface area contributed by atoms with Crippen LogP contribution in [0.3, 0.4) is 0 Å². The van der Waals surface area contributed by atoms with Gasteiger partial charge in [-0.05, 0) is 19.4 Å². The summed E-state index contributed by atoms with van der Waals surface area (Å²) in [6, 6.07) is 0. The second-order valence-corrected chi connectivity index (χ2v) is 5.03. The van der Waals surface area contributed by atoms with Crippen molar-refractivity contribution in [2.45, 2.75) is 26.2 Å². The molecule has 11 nitrogen and oxygen atoms in total. The topological polar surface area (TPSA) is 223 Å². The van der Waals surface area contributed by atoms with E-state index in [-0.39, 0.29) is 0 Å². The van der Waals surface area contributed by atoms with E-state index < -0.39 is 15.6 Å². The van der Waals surface area contributed by atoms with Crippen molar-refractivity contribution in [1.82, 2.24) is 10.9 Å². The molecule has 0 aliphatic carbocycles. The maximum absolute atomic E-state index is 8.55. The lowest BCUT2D eigenvalue weighted by Crippen LogP contribution is -2.34. The monoisotopic (exact) mass is 335 g/mol. The Bertz CT molecular complexity index is 237. The van der Waals surface area contributed by atoms with Gasteiger partial charge in [-0.15, -0.1) is 0 Å². The van der Waals surface area contributed by atoms with E-state index in [4.69, 9.17) is 44.2 Å². The van der Waals surface area contributed by atoms with Gasteiger partial charge in [-0.1, -0.05) is 13.3 Å². The summed E-state index contributed by atoms with van der Waals surface area (Å²) in [6.07, 6.45) is 3.51. The van der Waals surface area contributed by atoms with Crippen molar-refractivity contribution >= 4 is 15.6 Å². The summed E-state index contributed by atoms with van der Waals surface area (Å²) < 4.78 is 17.1. The van der Waals surface area contributed by atoms with Gasteiger partial charge in [-0.2, -0.15) is 15.6 Å². The zero-order valence-electron chi connectivity index (χ0n) is 11.0. The molecule has 20 heavy (non-hydrogen) atoms. The summed E-state index contributed by atoms with van der Waals surface area (Å²) in [5.74, 6) is 0. The second-order valence-electron chi connectivity index (χ2n) is 3.24. The number of unbranched alkanes of at least 4 members (excludes halogenated alkanes) is 1. The lowest BCUT2D eigenvalue weighted by Gasteiger charge is -2.36. The zero-order valence-corrected chi connectivity index (χ0v) is 12.8. The number of hydrogen-bond donors (Lipinski definition) is 3. The molecule has 0 aromatic carbocycles. The van der Waals surface area contributed by atoms with E-state index in [2.05, 4.69) is 17.8 Å². The van der Waals surface area contributed by atoms with Crippen LogP contribution in [-0.2, 0) is 9.13 Å². The summed E-state index contributed by atoms with van der Waals surface area (Å²) in [4.78, 5) is 51.3. The fourth-order valence-electron chi connectivity index (χ4n) is 0.632. The molecule has 126 valence electrons. The number of rotatable bonds is 7. The van der Waals surface area contributed by atoms with Crippen LogP contribution in [0, 0.1) is 0 Å². The molecule has 0 aliphatic heterocycles. The van der Waals surface area contributed by atoms with Crippen LogP contribution in [0.2, 0.25) is 0 Å². The first-order valence-corrected chi connectivity index (χ1v) is 8.45. The van der Waals surface area contributed by atoms with Crippen LogP contribution in [0.25, 0.3) is 0 Å². The van der Waals surface area contributed by atoms with Gasteiger partial charge < -0.3 is 44.2 Å². The maximum atomic E-state index is 8.55. The Morgan fingerprint density at radius 3 is 1.40 bits per heavy atom. The summed E-state index contributed by atoms with van der Waals surface area (Å²) in [5.41, 5.74) is 11.5. The highest BCUT2D eigenvalue weighted by Gasteiger charge is 1.83. The Balaban J connectivity index is -0.000000244. The minimum atomic E-state index is -5.39. The van der Waals surface area contributed by atoms with Crippen molar-refractivity contribution in [1.29, 1.82) is 0 Å². The molecule has 0 rings (SSSR count). The van der Waals surface area contributed by atoms with Crippen LogP contribution in [0.4, 0.5) is 0 Å². The van der Waals surface area contributed by atoms with Gasteiger partial charge in [0.05, 0.1) is 0 Å². The molecule has 0 saturated heterocycles. The number of nitrogens with two attached hydrogens (primary N) is 1. The van der Waals surface area contributed by atoms with Crippen molar-refractivity contribution in [2.24, 2.45) is 5.73 Å². The van der Waals surface area contributed by atoms with Crippen molar-refractivity contribution in [3.63, 3.8) is 0 Å². The first-order valence-electron chi connectivity index (χ1n) is 5.53. The van der Waals surface area contributed by atoms with Crippen LogP contribution in [0.5, 0.6) is 0 Å². The van der Waals surface area contributed by atoms with E-state index in [1.807, 2.05) is 0 Å². The second kappa shape index (κ2) is 15.5. The number of phosphoric acid groups is 2. The average Bonchev–Trinajstić information content (AvgIpc) is 2.18. The third kappa shape index (κ3) is 105. The molecule has 0 aromatic heterocycles. The van der Waals surface area contributed by atoms with Crippen LogP contribution in [-0.4, -0.2) is 19.6 Å². The molecule has 0 unspecified atom stereocenters. The number of hydrazine groups is 1. The Labute approximate surface area is 117 Å². The Morgan fingerprint density at radius 2 is 1.15 bits per heavy atom. The average molecular weight is 335 g/mol. The predicted octanol–water partition coefficient (Wildman–Crippen LogP) is -5.42. The number of hydrogen-bond acceptors (Lipinski definition) is 11. The van der Waals surface area contributed by atoms with Gasteiger partial charge in [0.2, 0.25) is 0 Å². The van der Waals surface area contributed by atoms with Gasteiger partial charge in [0.1, 0.15) is 0 Å². The summed E-state index contributed by atoms with van der Waals surface area (Å²) in [6.45, 7) is 4.98. The first kappa shape index (κ1) is 25.1. The zero-order chi connectivity index (χ0) is 16.7. The molecule has 4 N–H and O–H groups in total. The van der Waals surface area contributed by atoms with Crippen LogP contribution < -0.4 is 45.9 Å². The lowest BCUT2D eigenvalue weighted by molar-refractivity contribution is -0.434. The molecule has 13 heteroatoms. The van der Waals surface area contributed by atoms with E-state index in [1.165, 1.54) is 12.8 Å². The van der Waals surface area contributed by atoms with Gasteiger partial charge in [0.25, 0.3) is 0 Å². The molecule has 0 aromatic rings. The van der Waals surface area contributed by atoms with Gasteiger partial charge in [0, 0.05) is 13.1 Å². The fraction of sp³-hybridized carbons (Fsp3) is 1.00. The standard InChI is InChI=1S/C7H19N3.2H3O4P/c1-2-3-6-9-10-7-4-5-8;2*1-5(2,3)4/h9-10H,2-8H2,1H3;2*(H3,1,2,3,4)/p-6. The lowest BCUT2D eigenvalue weighted by atomic mass is 10.3. The molecular weight excluding hydrogens is 316 g/mol. The molecule has 0 fully saturated rings. The van der Waals surface area contributed by atoms with E-state index in [1.54, 1.807) is 0 Å². The van der Waals surface area contributed by atoms with Gasteiger partial charge in [-0.3, -0.25) is 10.9 Å². The van der Waals surface area contributed by atoms with E-state index in [9.17, 15) is 0 Å². The summed E-state index contributed by atoms with van der Waals surface area (Å²) >= 11 is 0. The van der Waals surface area contributed by atoms with Crippen molar-refractivity contribution in [3.8, 4) is 0 Å². The summed E-state index contributed by atoms with van der Waals surface area (Å²) in [5, 5.41) is 0. The smallest absolute Gasteiger partial charge is 0.0112 e. The molecule has 0 saturated carbocycles. The largest absolute Gasteiger partial charge is 0.822 e. The number of nitrogens with one attached hydrogen (secondary N) is 2. The van der Waals surface area contributed by atoms with Crippen LogP contribution >= 0.6 is 15.6 Å². The van der Waals surface area contributed by atoms with Gasteiger partial charge >= 0.3 is 0 Å². The van der Waals surface area contributed by atoms with Crippen molar-refractivity contribution in [3.05, 3.63) is 0 Å². The van der Waals surface area contributed by atoms with Crippen LogP contribution in [0.1, 0.15) is 26.2 Å². The SMILES string of the molecule is CCCCNNCCCN.O=P([O-])([O-])[O-].O=P([O-])([O-])[O-]. The van der Waals surface area contributed by atoms with Crippen molar-refractivity contribution in [2.75, 3.05) is 19.6 Å². The minimum absolute atomic E-state index is 0.766. The molecular formula is C7H19N3O8P2-6. The molecule has 0 bridgehead atoms. The van der Waals surface area contributed by atoms with Crippen LogP contribution in [0.15, 0.2) is 0 Å². The Morgan fingerprint density at radius 1 is 0.850 bits per heavy atom. The Hall–Kier alpha value is 0.1000. The highest BCUT2D eigenvalue weighted by atomic mass is 31.2. The van der Waals surface area contributed by atoms with Gasteiger partial charge in [-0.25, -0.2) is 0 Å². The predicted molar refractivity (Wildman–Crippen MR) is 59.8 cm³/mol. The van der Waals surface area contributed by atoms with Gasteiger partial charge in [0.15, 0.2) is 0 Å². The summed E-state index contributed by atoms with van der Waals surface area (Å²) in [7, 11) is -10.8. The fourth-order valence-corrected chi connectivity index (χ4v) is 0.632. The molecule has 0 heterocycles. The highest BCUT2D eigenvalue weighted by Crippen LogP contribution is 2.03. The quantitative estimate of drug-likeness (QED) is 0.226. The molecule has 0 aliphatic rings. The normalized spacial score (nSPS) is 11.0. The molecule has 0 amide bonds. The molecule has 0 spiro atoms. The highest BCUT2D eigenvalue weighted by molar-refractivity contribution is 7.40. The molecule has 0 radical (unpaired) electrons. The first-order chi connectivity index (χ1) is 8.91. The van der Waals surface area contributed by atoms with E-state index >= 15 is 0 Å². The Kier molecular flexibility index (Phi) is 19.4.